The molecule has 3 N–H and O–H groups in total. The van der Waals surface area contributed by atoms with Crippen molar-refractivity contribution in [2.45, 2.75) is 53.1 Å². The summed E-state index contributed by atoms with van der Waals surface area (Å²) < 4.78 is 5.52. The first-order valence-electron chi connectivity index (χ1n) is 10.1. The summed E-state index contributed by atoms with van der Waals surface area (Å²) in [6.07, 6.45) is 0.673. The van der Waals surface area contributed by atoms with E-state index >= 15 is 0 Å². The van der Waals surface area contributed by atoms with Gasteiger partial charge in [-0.2, -0.15) is 0 Å². The summed E-state index contributed by atoms with van der Waals surface area (Å²) in [7, 11) is 0. The molecule has 2 aromatic rings. The van der Waals surface area contributed by atoms with Crippen LogP contribution in [-0.2, 0) is 9.53 Å². The standard InChI is InChI=1S/C24H31ClN2O3/c1-15(2)12-17(23(29)30-24(3,4)5)14-22(28)16-10-11-21(19(26)13-16)27-20-9-7-6-8-18(20)25/h6-11,13,15,17,27H,12,14,26H2,1-5H3/t17-/m1/s1. The summed E-state index contributed by atoms with van der Waals surface area (Å²) in [6, 6.07) is 12.4. The van der Waals surface area contributed by atoms with Gasteiger partial charge < -0.3 is 15.8 Å². The van der Waals surface area contributed by atoms with Crippen molar-refractivity contribution in [1.82, 2.24) is 0 Å². The number of nitrogen functional groups attached to an aromatic ring is 1. The van der Waals surface area contributed by atoms with E-state index in [0.29, 0.717) is 28.4 Å². The third kappa shape index (κ3) is 7.06. The Bertz CT molecular complexity index is 904. The number of esters is 1. The molecule has 0 saturated heterocycles. The van der Waals surface area contributed by atoms with E-state index in [9.17, 15) is 9.59 Å². The number of Topliss-reactive ketones (excluding diaryl/α,β-unsaturated/α-hetero) is 1. The Morgan fingerprint density at radius 2 is 1.77 bits per heavy atom. The van der Waals surface area contributed by atoms with Crippen molar-refractivity contribution in [2.24, 2.45) is 11.8 Å². The van der Waals surface area contributed by atoms with Crippen LogP contribution in [0.3, 0.4) is 0 Å². The Hall–Kier alpha value is -2.53. The van der Waals surface area contributed by atoms with Crippen molar-refractivity contribution in [1.29, 1.82) is 0 Å². The Balaban J connectivity index is 2.15. The van der Waals surface area contributed by atoms with Crippen molar-refractivity contribution in [3.05, 3.63) is 53.1 Å². The number of hydrogen-bond acceptors (Lipinski definition) is 5. The second kappa shape index (κ2) is 9.98. The number of ketones is 1. The number of anilines is 3. The largest absolute Gasteiger partial charge is 0.460 e. The highest BCUT2D eigenvalue weighted by Gasteiger charge is 2.28. The number of hydrogen-bond donors (Lipinski definition) is 2. The summed E-state index contributed by atoms with van der Waals surface area (Å²) in [6.45, 7) is 9.52. The van der Waals surface area contributed by atoms with E-state index in [1.54, 1.807) is 24.3 Å². The smallest absolute Gasteiger partial charge is 0.309 e. The van der Waals surface area contributed by atoms with Gasteiger partial charge in [-0.1, -0.05) is 37.6 Å². The predicted molar refractivity (Wildman–Crippen MR) is 123 cm³/mol. The van der Waals surface area contributed by atoms with Crippen LogP contribution < -0.4 is 11.1 Å². The minimum atomic E-state index is -0.591. The quantitative estimate of drug-likeness (QED) is 0.294. The normalized spacial score (nSPS) is 12.5. The molecule has 162 valence electrons. The van der Waals surface area contributed by atoms with Crippen molar-refractivity contribution in [2.75, 3.05) is 11.1 Å². The monoisotopic (exact) mass is 430 g/mol. The molecule has 2 aromatic carbocycles. The minimum absolute atomic E-state index is 0.0871. The Labute approximate surface area is 183 Å². The van der Waals surface area contributed by atoms with E-state index in [2.05, 4.69) is 5.32 Å². The van der Waals surface area contributed by atoms with Crippen LogP contribution in [0.5, 0.6) is 0 Å². The molecule has 30 heavy (non-hydrogen) atoms. The van der Waals surface area contributed by atoms with E-state index in [4.69, 9.17) is 22.1 Å². The number of benzene rings is 2. The molecule has 6 heteroatoms. The van der Waals surface area contributed by atoms with E-state index < -0.39 is 11.5 Å². The fourth-order valence-corrected chi connectivity index (χ4v) is 3.30. The summed E-state index contributed by atoms with van der Waals surface area (Å²) in [5.74, 6) is -0.696. The third-order valence-corrected chi connectivity index (χ3v) is 4.77. The van der Waals surface area contributed by atoms with Crippen LogP contribution in [0.4, 0.5) is 17.1 Å². The summed E-state index contributed by atoms with van der Waals surface area (Å²) in [5.41, 5.74) is 7.85. The molecule has 0 unspecified atom stereocenters. The van der Waals surface area contributed by atoms with Gasteiger partial charge in [-0.15, -0.1) is 0 Å². The number of nitrogens with one attached hydrogen (secondary N) is 1. The maximum atomic E-state index is 12.9. The predicted octanol–water partition coefficient (Wildman–Crippen LogP) is 6.24. The van der Waals surface area contributed by atoms with Crippen LogP contribution in [-0.4, -0.2) is 17.4 Å². The summed E-state index contributed by atoms with van der Waals surface area (Å²) in [4.78, 5) is 25.5. The number of nitrogens with two attached hydrogens (primary N) is 1. The van der Waals surface area contributed by atoms with Gasteiger partial charge in [-0.3, -0.25) is 9.59 Å². The second-order valence-electron chi connectivity index (χ2n) is 8.89. The van der Waals surface area contributed by atoms with Crippen molar-refractivity contribution < 1.29 is 14.3 Å². The molecule has 2 rings (SSSR count). The van der Waals surface area contributed by atoms with E-state index in [1.165, 1.54) is 0 Å². The molecule has 0 aliphatic carbocycles. The number of para-hydroxylation sites is 1. The van der Waals surface area contributed by atoms with E-state index in [0.717, 1.165) is 5.69 Å². The molecular formula is C24H31ClN2O3. The highest BCUT2D eigenvalue weighted by Crippen LogP contribution is 2.30. The Morgan fingerprint density at radius 3 is 2.33 bits per heavy atom. The van der Waals surface area contributed by atoms with Gasteiger partial charge in [0.05, 0.1) is 28.0 Å². The highest BCUT2D eigenvalue weighted by molar-refractivity contribution is 6.33. The zero-order valence-electron chi connectivity index (χ0n) is 18.3. The molecule has 0 spiro atoms. The molecule has 0 bridgehead atoms. The molecule has 0 heterocycles. The molecule has 0 aliphatic heterocycles. The van der Waals surface area contributed by atoms with Gasteiger partial charge in [0.15, 0.2) is 5.78 Å². The molecule has 0 saturated carbocycles. The van der Waals surface area contributed by atoms with Crippen LogP contribution in [0.15, 0.2) is 42.5 Å². The molecule has 0 amide bonds. The van der Waals surface area contributed by atoms with Gasteiger partial charge in [0.25, 0.3) is 0 Å². The number of carbonyl (C=O) groups excluding carboxylic acids is 2. The zero-order valence-corrected chi connectivity index (χ0v) is 19.0. The van der Waals surface area contributed by atoms with Gasteiger partial charge in [-0.25, -0.2) is 0 Å². The van der Waals surface area contributed by atoms with Crippen LogP contribution >= 0.6 is 11.6 Å². The zero-order chi connectivity index (χ0) is 22.5. The summed E-state index contributed by atoms with van der Waals surface area (Å²) in [5, 5.41) is 3.75. The molecule has 0 aromatic heterocycles. The number of rotatable bonds is 8. The lowest BCUT2D eigenvalue weighted by molar-refractivity contribution is -0.160. The molecule has 5 nitrogen and oxygen atoms in total. The Morgan fingerprint density at radius 1 is 1.10 bits per heavy atom. The van der Waals surface area contributed by atoms with Crippen molar-refractivity contribution in [3.63, 3.8) is 0 Å². The van der Waals surface area contributed by atoms with Gasteiger partial charge >= 0.3 is 5.97 Å². The van der Waals surface area contributed by atoms with Crippen molar-refractivity contribution in [3.8, 4) is 0 Å². The van der Waals surface area contributed by atoms with Gasteiger partial charge in [-0.05, 0) is 63.4 Å². The lowest BCUT2D eigenvalue weighted by atomic mass is 9.90. The topological polar surface area (TPSA) is 81.4 Å². The lowest BCUT2D eigenvalue weighted by Gasteiger charge is -2.24. The van der Waals surface area contributed by atoms with Gasteiger partial charge in [0, 0.05) is 12.0 Å². The van der Waals surface area contributed by atoms with Crippen LogP contribution in [0.1, 0.15) is 57.8 Å². The Kier molecular flexibility index (Phi) is 7.90. The van der Waals surface area contributed by atoms with E-state index in [-0.39, 0.29) is 24.1 Å². The molecule has 0 fully saturated rings. The van der Waals surface area contributed by atoms with Crippen molar-refractivity contribution >= 4 is 40.4 Å². The molecule has 0 radical (unpaired) electrons. The second-order valence-corrected chi connectivity index (χ2v) is 9.30. The highest BCUT2D eigenvalue weighted by atomic mass is 35.5. The fraction of sp³-hybridized carbons (Fsp3) is 0.417. The average molecular weight is 431 g/mol. The van der Waals surface area contributed by atoms with Crippen LogP contribution in [0, 0.1) is 11.8 Å². The maximum absolute atomic E-state index is 12.9. The van der Waals surface area contributed by atoms with Crippen LogP contribution in [0.25, 0.3) is 0 Å². The third-order valence-electron chi connectivity index (χ3n) is 4.44. The van der Waals surface area contributed by atoms with Gasteiger partial charge in [0.2, 0.25) is 0 Å². The number of ether oxygens (including phenoxy) is 1. The first-order chi connectivity index (χ1) is 14.0. The van der Waals surface area contributed by atoms with Gasteiger partial charge in [0.1, 0.15) is 5.60 Å². The molecule has 0 aliphatic rings. The minimum Gasteiger partial charge on any atom is -0.460 e. The summed E-state index contributed by atoms with van der Waals surface area (Å²) >= 11 is 6.18. The first kappa shape index (κ1) is 23.7. The van der Waals surface area contributed by atoms with Crippen LogP contribution in [0.2, 0.25) is 5.02 Å². The first-order valence-corrected chi connectivity index (χ1v) is 10.5. The number of halogens is 1. The lowest BCUT2D eigenvalue weighted by Crippen LogP contribution is -2.30. The maximum Gasteiger partial charge on any atom is 0.309 e. The SMILES string of the molecule is CC(C)C[C@H](CC(=O)c1ccc(Nc2ccccc2Cl)c(N)c1)C(=O)OC(C)(C)C. The average Bonchev–Trinajstić information content (AvgIpc) is 2.62. The van der Waals surface area contributed by atoms with E-state index in [1.807, 2.05) is 52.8 Å². The molecular weight excluding hydrogens is 400 g/mol. The molecule has 1 atom stereocenters. The number of carbonyl (C=O) groups is 2. The fourth-order valence-electron chi connectivity index (χ4n) is 3.12.